The molecule has 0 radical (unpaired) electrons. The van der Waals surface area contributed by atoms with Gasteiger partial charge in [-0.1, -0.05) is 22.0 Å². The van der Waals surface area contributed by atoms with Crippen LogP contribution in [0.4, 0.5) is 5.69 Å². The van der Waals surface area contributed by atoms with Gasteiger partial charge in [-0.05, 0) is 18.2 Å². The maximum Gasteiger partial charge on any atom is 0.0613 e. The van der Waals surface area contributed by atoms with E-state index in [0.29, 0.717) is 5.69 Å². The summed E-state index contributed by atoms with van der Waals surface area (Å²) in [5, 5.41) is 8.39. The molecule has 1 aromatic rings. The summed E-state index contributed by atoms with van der Waals surface area (Å²) in [6.45, 7) is 0. The fraction of sp³-hybridized carbons (Fsp3) is 0. The van der Waals surface area contributed by atoms with Gasteiger partial charge in [-0.2, -0.15) is 0 Å². The lowest BCUT2D eigenvalue weighted by Crippen LogP contribution is -1.86. The molecule has 0 amide bonds. The fourth-order valence-corrected chi connectivity index (χ4v) is 0.957. The fourth-order valence-electron chi connectivity index (χ4n) is 0.558. The molecule has 0 aliphatic heterocycles. The number of nitrogens with one attached hydrogen (secondary N) is 1. The first-order valence-corrected chi connectivity index (χ1v) is 3.28. The number of hydrogen-bond acceptors (Lipinski definition) is 2. The second-order valence-corrected chi connectivity index (χ2v) is 2.54. The topological polar surface area (TPSA) is 32.3 Å². The lowest BCUT2D eigenvalue weighted by atomic mass is 10.3. The zero-order valence-electron chi connectivity index (χ0n) is 4.63. The first-order chi connectivity index (χ1) is 4.33. The van der Waals surface area contributed by atoms with Crippen LogP contribution in [0.2, 0.25) is 0 Å². The Bertz CT molecular complexity index is 202. The molecule has 0 aromatic heterocycles. The van der Waals surface area contributed by atoms with Crippen LogP contribution in [-0.4, -0.2) is 5.21 Å². The van der Waals surface area contributed by atoms with Crippen molar-refractivity contribution < 1.29 is 5.21 Å². The van der Waals surface area contributed by atoms with E-state index in [0.717, 1.165) is 4.47 Å². The molecule has 0 aliphatic rings. The van der Waals surface area contributed by atoms with E-state index in [1.165, 1.54) is 0 Å². The molecule has 0 saturated carbocycles. The predicted octanol–water partition coefficient (Wildman–Crippen LogP) is 2.25. The lowest BCUT2D eigenvalue weighted by Gasteiger charge is -1.95. The summed E-state index contributed by atoms with van der Waals surface area (Å²) in [5.41, 5.74) is 2.72. The van der Waals surface area contributed by atoms with Gasteiger partial charge in [0.05, 0.1) is 5.69 Å². The summed E-state index contributed by atoms with van der Waals surface area (Å²) in [6, 6.07) is 7.27. The quantitative estimate of drug-likeness (QED) is 0.662. The summed E-state index contributed by atoms with van der Waals surface area (Å²) in [5.74, 6) is 0. The van der Waals surface area contributed by atoms with E-state index in [1.807, 2.05) is 17.6 Å². The van der Waals surface area contributed by atoms with Gasteiger partial charge in [-0.15, -0.1) is 0 Å². The number of anilines is 1. The van der Waals surface area contributed by atoms with Crippen LogP contribution >= 0.6 is 15.9 Å². The van der Waals surface area contributed by atoms with Gasteiger partial charge in [0, 0.05) is 4.47 Å². The Hall–Kier alpha value is -0.540. The molecule has 0 fully saturated rings. The summed E-state index contributed by atoms with van der Waals surface area (Å²) >= 11 is 3.25. The van der Waals surface area contributed by atoms with Gasteiger partial charge in [-0.3, -0.25) is 10.7 Å². The minimum absolute atomic E-state index is 0.685. The molecule has 0 heterocycles. The smallest absolute Gasteiger partial charge is 0.0613 e. The second-order valence-electron chi connectivity index (χ2n) is 1.62. The summed E-state index contributed by atoms with van der Waals surface area (Å²) in [4.78, 5) is 0. The third kappa shape index (κ3) is 1.69. The Morgan fingerprint density at radius 2 is 2.22 bits per heavy atom. The van der Waals surface area contributed by atoms with Crippen LogP contribution < -0.4 is 5.48 Å². The van der Waals surface area contributed by atoms with Crippen molar-refractivity contribution in [3.63, 3.8) is 0 Å². The van der Waals surface area contributed by atoms with Crippen molar-refractivity contribution in [3.8, 4) is 0 Å². The van der Waals surface area contributed by atoms with Crippen LogP contribution in [0.3, 0.4) is 0 Å². The third-order valence-corrected chi connectivity index (χ3v) is 1.45. The molecule has 0 spiro atoms. The van der Waals surface area contributed by atoms with Crippen molar-refractivity contribution in [1.82, 2.24) is 0 Å². The van der Waals surface area contributed by atoms with Gasteiger partial charge < -0.3 is 0 Å². The molecule has 2 N–H and O–H groups in total. The molecule has 1 rings (SSSR count). The van der Waals surface area contributed by atoms with E-state index in [9.17, 15) is 0 Å². The van der Waals surface area contributed by atoms with Crippen LogP contribution in [0.5, 0.6) is 0 Å². The largest absolute Gasteiger partial charge is 0.291 e. The molecule has 0 aliphatic carbocycles. The summed E-state index contributed by atoms with van der Waals surface area (Å²) in [7, 11) is 0. The zero-order valence-corrected chi connectivity index (χ0v) is 6.22. The standard InChI is InChI=1S/C6H6BrNO/c7-5-2-1-3-6(4-5)8-9/h1-4,8-9H. The Labute approximate surface area is 61.6 Å². The molecule has 3 heteroatoms. The average Bonchev–Trinajstić information content (AvgIpc) is 1.88. The van der Waals surface area contributed by atoms with E-state index < -0.39 is 0 Å². The summed E-state index contributed by atoms with van der Waals surface area (Å²) in [6.07, 6.45) is 0. The molecule has 0 unspecified atom stereocenters. The maximum atomic E-state index is 8.39. The van der Waals surface area contributed by atoms with Gasteiger partial charge in [-0.25, -0.2) is 0 Å². The molecule has 0 saturated heterocycles. The zero-order chi connectivity index (χ0) is 6.69. The number of rotatable bonds is 1. The van der Waals surface area contributed by atoms with Crippen LogP contribution in [0, 0.1) is 0 Å². The van der Waals surface area contributed by atoms with Gasteiger partial charge in [0.25, 0.3) is 0 Å². The Morgan fingerprint density at radius 1 is 1.44 bits per heavy atom. The number of hydrogen-bond donors (Lipinski definition) is 2. The minimum Gasteiger partial charge on any atom is -0.291 e. The monoisotopic (exact) mass is 187 g/mol. The molecule has 1 aromatic carbocycles. The minimum atomic E-state index is 0.685. The number of halogens is 1. The molecule has 2 nitrogen and oxygen atoms in total. The first kappa shape index (κ1) is 6.58. The predicted molar refractivity (Wildman–Crippen MR) is 39.6 cm³/mol. The van der Waals surface area contributed by atoms with Crippen molar-refractivity contribution in [1.29, 1.82) is 0 Å². The van der Waals surface area contributed by atoms with Crippen LogP contribution in [-0.2, 0) is 0 Å². The lowest BCUT2D eigenvalue weighted by molar-refractivity contribution is 0.389. The number of benzene rings is 1. The van der Waals surface area contributed by atoms with Crippen LogP contribution in [0.15, 0.2) is 28.7 Å². The highest BCUT2D eigenvalue weighted by Gasteiger charge is 1.87. The Balaban J connectivity index is 2.94. The highest BCUT2D eigenvalue weighted by molar-refractivity contribution is 9.10. The van der Waals surface area contributed by atoms with Gasteiger partial charge in [0.2, 0.25) is 0 Å². The van der Waals surface area contributed by atoms with Gasteiger partial charge in [0.1, 0.15) is 0 Å². The van der Waals surface area contributed by atoms with E-state index >= 15 is 0 Å². The van der Waals surface area contributed by atoms with Gasteiger partial charge in [0.15, 0.2) is 0 Å². The van der Waals surface area contributed by atoms with E-state index in [2.05, 4.69) is 15.9 Å². The van der Waals surface area contributed by atoms with E-state index in [1.54, 1.807) is 12.1 Å². The average molecular weight is 188 g/mol. The van der Waals surface area contributed by atoms with Crippen molar-refractivity contribution in [2.75, 3.05) is 5.48 Å². The molecule has 0 atom stereocenters. The summed E-state index contributed by atoms with van der Waals surface area (Å²) < 4.78 is 0.946. The maximum absolute atomic E-state index is 8.39. The molecule has 9 heavy (non-hydrogen) atoms. The van der Waals surface area contributed by atoms with E-state index in [-0.39, 0.29) is 0 Å². The van der Waals surface area contributed by atoms with Crippen molar-refractivity contribution >= 4 is 21.6 Å². The highest BCUT2D eigenvalue weighted by Crippen LogP contribution is 2.14. The molecular weight excluding hydrogens is 182 g/mol. The third-order valence-electron chi connectivity index (χ3n) is 0.954. The van der Waals surface area contributed by atoms with Crippen molar-refractivity contribution in [3.05, 3.63) is 28.7 Å². The molecule has 48 valence electrons. The second kappa shape index (κ2) is 2.85. The van der Waals surface area contributed by atoms with E-state index in [4.69, 9.17) is 5.21 Å². The van der Waals surface area contributed by atoms with Gasteiger partial charge >= 0.3 is 0 Å². The Morgan fingerprint density at radius 3 is 2.67 bits per heavy atom. The first-order valence-electron chi connectivity index (χ1n) is 2.48. The van der Waals surface area contributed by atoms with Crippen molar-refractivity contribution in [2.24, 2.45) is 0 Å². The normalized spacial score (nSPS) is 9.11. The molecule has 0 bridgehead atoms. The molecular formula is C6H6BrNO. The Kier molecular flexibility index (Phi) is 2.08. The van der Waals surface area contributed by atoms with Crippen LogP contribution in [0.1, 0.15) is 0 Å². The highest BCUT2D eigenvalue weighted by atomic mass is 79.9. The SMILES string of the molecule is ONc1cccc(Br)c1. The van der Waals surface area contributed by atoms with Crippen molar-refractivity contribution in [2.45, 2.75) is 0 Å². The van der Waals surface area contributed by atoms with Crippen LogP contribution in [0.25, 0.3) is 0 Å².